The molecule has 2 aliphatic rings. The first-order valence-electron chi connectivity index (χ1n) is 8.98. The van der Waals surface area contributed by atoms with Crippen LogP contribution in [0.4, 0.5) is 0 Å². The van der Waals surface area contributed by atoms with Gasteiger partial charge in [-0.3, -0.25) is 4.79 Å². The van der Waals surface area contributed by atoms with Crippen molar-refractivity contribution in [1.82, 2.24) is 9.21 Å². The lowest BCUT2D eigenvalue weighted by atomic mass is 10.0. The zero-order chi connectivity index (χ0) is 18.0. The molecule has 138 valence electrons. The molecule has 2 fully saturated rings. The predicted molar refractivity (Wildman–Crippen MR) is 94.9 cm³/mol. The third-order valence-electron chi connectivity index (χ3n) is 5.14. The maximum atomic E-state index is 12.9. The smallest absolute Gasteiger partial charge is 0.254 e. The maximum absolute atomic E-state index is 12.9. The van der Waals surface area contributed by atoms with Crippen molar-refractivity contribution >= 4 is 15.9 Å². The molecule has 25 heavy (non-hydrogen) atoms. The molecule has 7 heteroatoms. The largest absolute Gasteiger partial charge is 0.393 e. The number of carbonyl (C=O) groups is 1. The number of hydrogen-bond acceptors (Lipinski definition) is 4. The van der Waals surface area contributed by atoms with Crippen LogP contribution in [0, 0.1) is 6.92 Å². The highest BCUT2D eigenvalue weighted by molar-refractivity contribution is 7.89. The monoisotopic (exact) mass is 366 g/mol. The second-order valence-corrected chi connectivity index (χ2v) is 8.90. The Labute approximate surface area is 149 Å². The zero-order valence-corrected chi connectivity index (χ0v) is 15.5. The molecule has 2 aliphatic heterocycles. The van der Waals surface area contributed by atoms with E-state index in [0.29, 0.717) is 44.6 Å². The van der Waals surface area contributed by atoms with E-state index in [-0.39, 0.29) is 16.9 Å². The molecular formula is C18H26N2O4S. The maximum Gasteiger partial charge on any atom is 0.254 e. The fourth-order valence-electron chi connectivity index (χ4n) is 3.49. The van der Waals surface area contributed by atoms with Gasteiger partial charge in [0.05, 0.1) is 11.0 Å². The summed E-state index contributed by atoms with van der Waals surface area (Å²) < 4.78 is 27.2. The Morgan fingerprint density at radius 2 is 1.72 bits per heavy atom. The van der Waals surface area contributed by atoms with E-state index in [1.54, 1.807) is 17.0 Å². The number of nitrogens with zero attached hydrogens (tertiary/aromatic N) is 2. The molecule has 0 aliphatic carbocycles. The van der Waals surface area contributed by atoms with Crippen LogP contribution in [0.1, 0.15) is 48.0 Å². The lowest BCUT2D eigenvalue weighted by Gasteiger charge is -2.30. The van der Waals surface area contributed by atoms with Gasteiger partial charge in [-0.25, -0.2) is 8.42 Å². The Morgan fingerprint density at radius 1 is 1.08 bits per heavy atom. The average Bonchev–Trinajstić information content (AvgIpc) is 2.63. The van der Waals surface area contributed by atoms with Crippen molar-refractivity contribution in [2.75, 3.05) is 26.2 Å². The van der Waals surface area contributed by atoms with Gasteiger partial charge < -0.3 is 10.0 Å². The standard InChI is InChI=1S/C18H26N2O4S/c1-14-5-6-16(25(23,24)20-9-3-2-4-10-20)13-17(14)18(22)19-11-7-15(21)8-12-19/h5-6,13,15,21H,2-4,7-12H2,1H3. The first-order valence-corrected chi connectivity index (χ1v) is 10.4. The number of likely N-dealkylation sites (tertiary alicyclic amines) is 1. The summed E-state index contributed by atoms with van der Waals surface area (Å²) in [7, 11) is -3.55. The van der Waals surface area contributed by atoms with Gasteiger partial charge in [0.25, 0.3) is 5.91 Å². The Hall–Kier alpha value is -1.44. The summed E-state index contributed by atoms with van der Waals surface area (Å²) in [6.07, 6.45) is 3.60. The number of aryl methyl sites for hydroxylation is 1. The number of rotatable bonds is 3. The van der Waals surface area contributed by atoms with Gasteiger partial charge in [0.1, 0.15) is 0 Å². The van der Waals surface area contributed by atoms with Gasteiger partial charge in [-0.05, 0) is 50.3 Å². The summed E-state index contributed by atoms with van der Waals surface area (Å²) in [6, 6.07) is 4.82. The number of carbonyl (C=O) groups excluding carboxylic acids is 1. The van der Waals surface area contributed by atoms with E-state index in [1.807, 2.05) is 6.92 Å². The summed E-state index contributed by atoms with van der Waals surface area (Å²) in [5, 5.41) is 9.61. The molecule has 0 spiro atoms. The van der Waals surface area contributed by atoms with Crippen LogP contribution in [0.3, 0.4) is 0 Å². The minimum atomic E-state index is -3.55. The Balaban J connectivity index is 1.86. The number of hydrogen-bond donors (Lipinski definition) is 1. The van der Waals surface area contributed by atoms with Gasteiger partial charge in [0.2, 0.25) is 10.0 Å². The van der Waals surface area contributed by atoms with Crippen LogP contribution in [0.25, 0.3) is 0 Å². The number of benzene rings is 1. The lowest BCUT2D eigenvalue weighted by Crippen LogP contribution is -2.40. The zero-order valence-electron chi connectivity index (χ0n) is 14.6. The van der Waals surface area contributed by atoms with Gasteiger partial charge in [0, 0.05) is 31.7 Å². The van der Waals surface area contributed by atoms with Crippen molar-refractivity contribution < 1.29 is 18.3 Å². The minimum absolute atomic E-state index is 0.153. The van der Waals surface area contributed by atoms with Crippen molar-refractivity contribution in [2.24, 2.45) is 0 Å². The lowest BCUT2D eigenvalue weighted by molar-refractivity contribution is 0.0545. The fraction of sp³-hybridized carbons (Fsp3) is 0.611. The first-order chi connectivity index (χ1) is 11.9. The third kappa shape index (κ3) is 3.88. The summed E-state index contributed by atoms with van der Waals surface area (Å²) in [6.45, 7) is 3.92. The summed E-state index contributed by atoms with van der Waals surface area (Å²) in [4.78, 5) is 14.7. The van der Waals surface area contributed by atoms with E-state index >= 15 is 0 Å². The van der Waals surface area contributed by atoms with Crippen LogP contribution >= 0.6 is 0 Å². The highest BCUT2D eigenvalue weighted by atomic mass is 32.2. The molecule has 0 radical (unpaired) electrons. The Kier molecular flexibility index (Phi) is 5.46. The predicted octanol–water partition coefficient (Wildman–Crippen LogP) is 1.77. The molecule has 1 N–H and O–H groups in total. The van der Waals surface area contributed by atoms with Crippen LogP contribution in [-0.2, 0) is 10.0 Å². The van der Waals surface area contributed by atoms with Gasteiger partial charge in [-0.15, -0.1) is 0 Å². The van der Waals surface area contributed by atoms with Crippen LogP contribution in [0.5, 0.6) is 0 Å². The molecule has 2 heterocycles. The van der Waals surface area contributed by atoms with Crippen LogP contribution in [0.2, 0.25) is 0 Å². The van der Waals surface area contributed by atoms with E-state index in [9.17, 15) is 18.3 Å². The molecule has 0 bridgehead atoms. The quantitative estimate of drug-likeness (QED) is 0.884. The molecule has 0 aromatic heterocycles. The second-order valence-electron chi connectivity index (χ2n) is 6.96. The molecule has 0 unspecified atom stereocenters. The highest BCUT2D eigenvalue weighted by Crippen LogP contribution is 2.24. The van der Waals surface area contributed by atoms with Crippen LogP contribution in [-0.4, -0.2) is 60.9 Å². The molecular weight excluding hydrogens is 340 g/mol. The molecule has 2 saturated heterocycles. The SMILES string of the molecule is Cc1ccc(S(=O)(=O)N2CCCCC2)cc1C(=O)N1CCC(O)CC1. The Bertz CT molecular complexity index is 733. The van der Waals surface area contributed by atoms with Crippen molar-refractivity contribution in [3.63, 3.8) is 0 Å². The highest BCUT2D eigenvalue weighted by Gasteiger charge is 2.28. The molecule has 1 aromatic carbocycles. The molecule has 0 atom stereocenters. The summed E-state index contributed by atoms with van der Waals surface area (Å²) in [5.41, 5.74) is 1.21. The third-order valence-corrected chi connectivity index (χ3v) is 7.04. The van der Waals surface area contributed by atoms with Gasteiger partial charge >= 0.3 is 0 Å². The number of aliphatic hydroxyl groups excluding tert-OH is 1. The average molecular weight is 366 g/mol. The summed E-state index contributed by atoms with van der Waals surface area (Å²) in [5.74, 6) is -0.153. The normalized spacial score (nSPS) is 20.6. The molecule has 1 amide bonds. The van der Waals surface area contributed by atoms with E-state index in [1.165, 1.54) is 10.4 Å². The number of sulfonamides is 1. The number of piperidine rings is 2. The Morgan fingerprint density at radius 3 is 2.36 bits per heavy atom. The molecule has 6 nitrogen and oxygen atoms in total. The van der Waals surface area contributed by atoms with Crippen LogP contribution in [0.15, 0.2) is 23.1 Å². The van der Waals surface area contributed by atoms with E-state index in [4.69, 9.17) is 0 Å². The van der Waals surface area contributed by atoms with E-state index in [0.717, 1.165) is 24.8 Å². The van der Waals surface area contributed by atoms with Crippen molar-refractivity contribution in [3.05, 3.63) is 29.3 Å². The van der Waals surface area contributed by atoms with Crippen molar-refractivity contribution in [3.8, 4) is 0 Å². The fourth-order valence-corrected chi connectivity index (χ4v) is 5.03. The molecule has 0 saturated carbocycles. The summed E-state index contributed by atoms with van der Waals surface area (Å²) >= 11 is 0. The second kappa shape index (κ2) is 7.43. The van der Waals surface area contributed by atoms with Gasteiger partial charge in [0.15, 0.2) is 0 Å². The van der Waals surface area contributed by atoms with Gasteiger partial charge in [-0.1, -0.05) is 12.5 Å². The molecule has 1 aromatic rings. The molecule has 3 rings (SSSR count). The van der Waals surface area contributed by atoms with Crippen molar-refractivity contribution in [2.45, 2.75) is 50.0 Å². The van der Waals surface area contributed by atoms with Crippen LogP contribution < -0.4 is 0 Å². The minimum Gasteiger partial charge on any atom is -0.393 e. The van der Waals surface area contributed by atoms with E-state index < -0.39 is 10.0 Å². The number of aliphatic hydroxyl groups is 1. The first kappa shape index (κ1) is 18.4. The number of amides is 1. The van der Waals surface area contributed by atoms with Gasteiger partial charge in [-0.2, -0.15) is 4.31 Å². The van der Waals surface area contributed by atoms with E-state index in [2.05, 4.69) is 0 Å². The van der Waals surface area contributed by atoms with Crippen molar-refractivity contribution in [1.29, 1.82) is 0 Å². The topological polar surface area (TPSA) is 77.9 Å².